The molecule has 0 saturated heterocycles. The summed E-state index contributed by atoms with van der Waals surface area (Å²) in [7, 11) is 0. The molecular formula is C22H17ClN4OS. The Morgan fingerprint density at radius 2 is 1.86 bits per heavy atom. The highest BCUT2D eigenvalue weighted by molar-refractivity contribution is 7.71. The number of nitrogens with zero attached hydrogens (tertiary/aromatic N) is 3. The Labute approximate surface area is 178 Å². The van der Waals surface area contributed by atoms with Crippen LogP contribution in [0.3, 0.4) is 0 Å². The summed E-state index contributed by atoms with van der Waals surface area (Å²) in [6, 6.07) is 25.1. The van der Waals surface area contributed by atoms with Crippen LogP contribution in [0.5, 0.6) is 5.75 Å². The molecule has 1 aromatic heterocycles. The van der Waals surface area contributed by atoms with E-state index in [0.29, 0.717) is 22.2 Å². The van der Waals surface area contributed by atoms with Gasteiger partial charge in [-0.1, -0.05) is 66.2 Å². The van der Waals surface area contributed by atoms with Crippen LogP contribution in [-0.4, -0.2) is 21.1 Å². The molecule has 3 aromatic carbocycles. The highest BCUT2D eigenvalue weighted by Crippen LogP contribution is 2.21. The molecule has 144 valence electrons. The maximum atomic E-state index is 6.09. The molecule has 0 fully saturated rings. The molecule has 5 nitrogen and oxygen atoms in total. The minimum Gasteiger partial charge on any atom is -0.489 e. The second-order valence-corrected chi connectivity index (χ2v) is 7.09. The molecule has 0 bridgehead atoms. The van der Waals surface area contributed by atoms with Gasteiger partial charge in [0.25, 0.3) is 0 Å². The fraction of sp³-hybridized carbons (Fsp3) is 0.0455. The first-order valence-corrected chi connectivity index (χ1v) is 9.72. The number of H-pyrrole nitrogens is 1. The van der Waals surface area contributed by atoms with Crippen LogP contribution in [-0.2, 0) is 6.61 Å². The van der Waals surface area contributed by atoms with Crippen molar-refractivity contribution in [2.75, 3.05) is 0 Å². The fourth-order valence-corrected chi connectivity index (χ4v) is 3.13. The summed E-state index contributed by atoms with van der Waals surface area (Å²) in [6.07, 6.45) is 1.72. The topological polar surface area (TPSA) is 55.2 Å². The van der Waals surface area contributed by atoms with Gasteiger partial charge in [0, 0.05) is 10.6 Å². The van der Waals surface area contributed by atoms with E-state index in [1.54, 1.807) is 17.0 Å². The molecule has 0 aliphatic carbocycles. The largest absolute Gasteiger partial charge is 0.489 e. The van der Waals surface area contributed by atoms with E-state index in [-0.39, 0.29) is 0 Å². The van der Waals surface area contributed by atoms with E-state index >= 15 is 0 Å². The van der Waals surface area contributed by atoms with Gasteiger partial charge in [-0.05, 0) is 47.6 Å². The van der Waals surface area contributed by atoms with Crippen molar-refractivity contribution in [3.05, 3.63) is 99.8 Å². The summed E-state index contributed by atoms with van der Waals surface area (Å²) in [4.78, 5) is 0. The molecule has 0 radical (unpaired) electrons. The standard InChI is InChI=1S/C22H17ClN4OS/c23-19-10-5-9-18(13-19)21-25-26-22(29)27(21)24-14-17-8-4-11-20(12-17)28-15-16-6-2-1-3-7-16/h1-14H,15H2,(H,26,29)/b24-14-. The summed E-state index contributed by atoms with van der Waals surface area (Å²) in [5, 5.41) is 12.2. The van der Waals surface area contributed by atoms with Crippen molar-refractivity contribution >= 4 is 30.0 Å². The SMILES string of the molecule is S=c1[nH]nc(-c2cccc(Cl)c2)n1/N=C\c1cccc(OCc2ccccc2)c1. The van der Waals surface area contributed by atoms with Crippen molar-refractivity contribution in [2.45, 2.75) is 6.61 Å². The molecule has 0 amide bonds. The van der Waals surface area contributed by atoms with Crippen molar-refractivity contribution in [2.24, 2.45) is 5.10 Å². The number of halogens is 1. The third-order valence-corrected chi connectivity index (χ3v) is 4.66. The van der Waals surface area contributed by atoms with Crippen molar-refractivity contribution in [1.29, 1.82) is 0 Å². The summed E-state index contributed by atoms with van der Waals surface area (Å²) in [6.45, 7) is 0.507. The zero-order valence-electron chi connectivity index (χ0n) is 15.3. The van der Waals surface area contributed by atoms with Crippen LogP contribution in [0.25, 0.3) is 11.4 Å². The van der Waals surface area contributed by atoms with Gasteiger partial charge in [-0.3, -0.25) is 0 Å². The second kappa shape index (κ2) is 8.86. The van der Waals surface area contributed by atoms with Gasteiger partial charge in [0.15, 0.2) is 5.82 Å². The number of aromatic amines is 1. The summed E-state index contributed by atoms with van der Waals surface area (Å²) >= 11 is 11.4. The van der Waals surface area contributed by atoms with Gasteiger partial charge < -0.3 is 4.74 Å². The maximum Gasteiger partial charge on any atom is 0.216 e. The van der Waals surface area contributed by atoms with Crippen LogP contribution < -0.4 is 4.74 Å². The minimum atomic E-state index is 0.396. The van der Waals surface area contributed by atoms with Gasteiger partial charge >= 0.3 is 0 Å². The quantitative estimate of drug-likeness (QED) is 0.320. The molecule has 0 atom stereocenters. The van der Waals surface area contributed by atoms with Crippen molar-refractivity contribution < 1.29 is 4.74 Å². The monoisotopic (exact) mass is 420 g/mol. The lowest BCUT2D eigenvalue weighted by atomic mass is 10.2. The lowest BCUT2D eigenvalue weighted by molar-refractivity contribution is 0.306. The van der Waals surface area contributed by atoms with Crippen LogP contribution in [0, 0.1) is 4.77 Å². The zero-order chi connectivity index (χ0) is 20.1. The van der Waals surface area contributed by atoms with Crippen LogP contribution in [0.2, 0.25) is 5.02 Å². The first-order chi connectivity index (χ1) is 14.2. The van der Waals surface area contributed by atoms with Crippen molar-refractivity contribution in [3.8, 4) is 17.1 Å². The minimum absolute atomic E-state index is 0.396. The number of benzene rings is 3. The first kappa shape index (κ1) is 19.1. The number of hydrogen-bond donors (Lipinski definition) is 1. The lowest BCUT2D eigenvalue weighted by Crippen LogP contribution is -1.97. The molecule has 29 heavy (non-hydrogen) atoms. The fourth-order valence-electron chi connectivity index (χ4n) is 2.76. The molecular weight excluding hydrogens is 404 g/mol. The average Bonchev–Trinajstić information content (AvgIpc) is 3.12. The second-order valence-electron chi connectivity index (χ2n) is 6.27. The smallest absolute Gasteiger partial charge is 0.216 e. The molecule has 4 aromatic rings. The molecule has 0 saturated carbocycles. The third-order valence-electron chi connectivity index (χ3n) is 4.16. The number of nitrogens with one attached hydrogen (secondary N) is 1. The van der Waals surface area contributed by atoms with Gasteiger partial charge in [0.1, 0.15) is 12.4 Å². The van der Waals surface area contributed by atoms with E-state index in [2.05, 4.69) is 15.3 Å². The van der Waals surface area contributed by atoms with E-state index in [9.17, 15) is 0 Å². The van der Waals surface area contributed by atoms with Crippen LogP contribution in [0.1, 0.15) is 11.1 Å². The molecule has 1 N–H and O–H groups in total. The highest BCUT2D eigenvalue weighted by Gasteiger charge is 2.08. The highest BCUT2D eigenvalue weighted by atomic mass is 35.5. The Balaban J connectivity index is 1.54. The van der Waals surface area contributed by atoms with Crippen LogP contribution >= 0.6 is 23.8 Å². The Hall–Kier alpha value is -3.22. The third kappa shape index (κ3) is 4.80. The normalized spacial score (nSPS) is 11.1. The van der Waals surface area contributed by atoms with E-state index in [4.69, 9.17) is 28.6 Å². The van der Waals surface area contributed by atoms with Gasteiger partial charge in [-0.2, -0.15) is 14.9 Å². The number of ether oxygens (including phenoxy) is 1. The van der Waals surface area contributed by atoms with E-state index in [1.807, 2.05) is 72.8 Å². The molecule has 4 rings (SSSR count). The van der Waals surface area contributed by atoms with Gasteiger partial charge in [-0.15, -0.1) is 0 Å². The Morgan fingerprint density at radius 1 is 1.03 bits per heavy atom. The van der Waals surface area contributed by atoms with Crippen molar-refractivity contribution in [3.63, 3.8) is 0 Å². The molecule has 7 heteroatoms. The molecule has 0 unspecified atom stereocenters. The Morgan fingerprint density at radius 3 is 2.69 bits per heavy atom. The lowest BCUT2D eigenvalue weighted by Gasteiger charge is -2.07. The van der Waals surface area contributed by atoms with Gasteiger partial charge in [0.2, 0.25) is 4.77 Å². The number of rotatable bonds is 6. The predicted molar refractivity (Wildman–Crippen MR) is 118 cm³/mol. The first-order valence-electron chi connectivity index (χ1n) is 8.93. The number of hydrogen-bond acceptors (Lipinski definition) is 4. The zero-order valence-corrected chi connectivity index (χ0v) is 16.9. The predicted octanol–water partition coefficient (Wildman–Crippen LogP) is 5.72. The molecule has 0 spiro atoms. The summed E-state index contributed by atoms with van der Waals surface area (Å²) in [5.41, 5.74) is 2.82. The molecule has 0 aliphatic rings. The Kier molecular flexibility index (Phi) is 5.84. The maximum absolute atomic E-state index is 6.09. The molecule has 1 heterocycles. The summed E-state index contributed by atoms with van der Waals surface area (Å²) < 4.78 is 7.84. The summed E-state index contributed by atoms with van der Waals surface area (Å²) in [5.74, 6) is 1.36. The van der Waals surface area contributed by atoms with Crippen LogP contribution in [0.15, 0.2) is 84.0 Å². The van der Waals surface area contributed by atoms with Crippen LogP contribution in [0.4, 0.5) is 0 Å². The van der Waals surface area contributed by atoms with Crippen molar-refractivity contribution in [1.82, 2.24) is 14.9 Å². The molecule has 0 aliphatic heterocycles. The average molecular weight is 421 g/mol. The van der Waals surface area contributed by atoms with Gasteiger partial charge in [0.05, 0.1) is 6.21 Å². The number of aromatic nitrogens is 3. The van der Waals surface area contributed by atoms with E-state index in [0.717, 1.165) is 22.4 Å². The van der Waals surface area contributed by atoms with E-state index in [1.165, 1.54) is 0 Å². The van der Waals surface area contributed by atoms with E-state index < -0.39 is 0 Å². The Bertz CT molecular complexity index is 1200. The van der Waals surface area contributed by atoms with Gasteiger partial charge in [-0.25, -0.2) is 5.10 Å².